The van der Waals surface area contributed by atoms with Crippen molar-refractivity contribution in [2.45, 2.75) is 27.2 Å². The number of anilines is 1. The summed E-state index contributed by atoms with van der Waals surface area (Å²) in [6.07, 6.45) is 0.851. The highest BCUT2D eigenvalue weighted by atomic mass is 79.9. The van der Waals surface area contributed by atoms with E-state index >= 15 is 0 Å². The predicted octanol–water partition coefficient (Wildman–Crippen LogP) is 3.88. The lowest BCUT2D eigenvalue weighted by Gasteiger charge is -2.07. The Hall–Kier alpha value is -1.29. The molecule has 1 rings (SSSR count). The Balaban J connectivity index is 2.81. The molecule has 3 nitrogen and oxygen atoms in total. The smallest absolute Gasteiger partial charge is 0.0650 e. The topological polar surface area (TPSA) is 50.4 Å². The fourth-order valence-electron chi connectivity index (χ4n) is 1.31. The SMILES string of the molecule is CCC(=NNc1ccc(Br)cc1)C(C)=C(C)N. The fourth-order valence-corrected chi connectivity index (χ4v) is 1.58. The van der Waals surface area contributed by atoms with Gasteiger partial charge >= 0.3 is 0 Å². The van der Waals surface area contributed by atoms with Gasteiger partial charge in [0.05, 0.1) is 11.4 Å². The van der Waals surface area contributed by atoms with Gasteiger partial charge in [0, 0.05) is 10.2 Å². The van der Waals surface area contributed by atoms with Crippen molar-refractivity contribution in [3.05, 3.63) is 40.0 Å². The Kier molecular flexibility index (Phi) is 5.22. The quantitative estimate of drug-likeness (QED) is 0.654. The molecule has 4 heteroatoms. The molecule has 0 spiro atoms. The Morgan fingerprint density at radius 1 is 1.29 bits per heavy atom. The van der Waals surface area contributed by atoms with E-state index in [2.05, 4.69) is 33.4 Å². The van der Waals surface area contributed by atoms with E-state index in [1.165, 1.54) is 0 Å². The van der Waals surface area contributed by atoms with E-state index in [0.717, 1.165) is 33.6 Å². The molecule has 0 radical (unpaired) electrons. The normalized spacial score (nSPS) is 13.3. The number of hydrogen-bond acceptors (Lipinski definition) is 3. The molecule has 17 heavy (non-hydrogen) atoms. The first kappa shape index (κ1) is 13.8. The summed E-state index contributed by atoms with van der Waals surface area (Å²) in [6.45, 7) is 5.94. The van der Waals surface area contributed by atoms with E-state index in [4.69, 9.17) is 5.73 Å². The van der Waals surface area contributed by atoms with Crippen molar-refractivity contribution < 1.29 is 0 Å². The van der Waals surface area contributed by atoms with Gasteiger partial charge in [0.25, 0.3) is 0 Å². The summed E-state index contributed by atoms with van der Waals surface area (Å²) in [6, 6.07) is 7.88. The molecule has 0 saturated heterocycles. The van der Waals surface area contributed by atoms with Gasteiger partial charge < -0.3 is 5.73 Å². The van der Waals surface area contributed by atoms with Crippen molar-refractivity contribution in [2.24, 2.45) is 10.8 Å². The van der Waals surface area contributed by atoms with Gasteiger partial charge in [-0.25, -0.2) is 0 Å². The maximum absolute atomic E-state index is 5.77. The number of nitrogens with zero attached hydrogens (tertiary/aromatic N) is 1. The van der Waals surface area contributed by atoms with Gasteiger partial charge in [0.1, 0.15) is 0 Å². The third kappa shape index (κ3) is 4.23. The van der Waals surface area contributed by atoms with Crippen LogP contribution in [0.5, 0.6) is 0 Å². The van der Waals surface area contributed by atoms with Crippen molar-refractivity contribution >= 4 is 27.3 Å². The zero-order valence-corrected chi connectivity index (χ0v) is 12.0. The summed E-state index contributed by atoms with van der Waals surface area (Å²) in [7, 11) is 0. The Morgan fingerprint density at radius 2 is 1.88 bits per heavy atom. The van der Waals surface area contributed by atoms with Crippen LogP contribution in [0.1, 0.15) is 27.2 Å². The molecule has 0 fully saturated rings. The Morgan fingerprint density at radius 3 is 2.35 bits per heavy atom. The maximum Gasteiger partial charge on any atom is 0.0650 e. The highest BCUT2D eigenvalue weighted by molar-refractivity contribution is 9.10. The molecule has 0 unspecified atom stereocenters. The zero-order valence-electron chi connectivity index (χ0n) is 10.4. The van der Waals surface area contributed by atoms with E-state index < -0.39 is 0 Å². The van der Waals surface area contributed by atoms with Crippen LogP contribution in [0.15, 0.2) is 45.1 Å². The molecule has 0 amide bonds. The lowest BCUT2D eigenvalue weighted by molar-refractivity contribution is 1.17. The third-order valence-corrected chi connectivity index (χ3v) is 3.05. The number of hydrogen-bond donors (Lipinski definition) is 2. The lowest BCUT2D eigenvalue weighted by Crippen LogP contribution is -2.08. The molecular weight excluding hydrogens is 278 g/mol. The summed E-state index contributed by atoms with van der Waals surface area (Å²) in [5.41, 5.74) is 12.6. The molecule has 1 aromatic rings. The van der Waals surface area contributed by atoms with Crippen LogP contribution in [-0.2, 0) is 0 Å². The molecule has 0 aromatic heterocycles. The standard InChI is InChI=1S/C13H18BrN3/c1-4-13(9(2)10(3)15)17-16-12-7-5-11(14)6-8-12/h5-8,16H,4,15H2,1-3H3. The maximum atomic E-state index is 5.77. The molecule has 0 aliphatic rings. The Bertz CT molecular complexity index is 428. The largest absolute Gasteiger partial charge is 0.402 e. The Labute approximate surface area is 111 Å². The zero-order chi connectivity index (χ0) is 12.8. The van der Waals surface area contributed by atoms with Crippen LogP contribution in [0.3, 0.4) is 0 Å². The van der Waals surface area contributed by atoms with Gasteiger partial charge in [-0.3, -0.25) is 5.43 Å². The molecule has 0 bridgehead atoms. The predicted molar refractivity (Wildman–Crippen MR) is 78.1 cm³/mol. The number of nitrogens with one attached hydrogen (secondary N) is 1. The summed E-state index contributed by atoms with van der Waals surface area (Å²) in [4.78, 5) is 0. The van der Waals surface area contributed by atoms with Gasteiger partial charge in [0.15, 0.2) is 0 Å². The summed E-state index contributed by atoms with van der Waals surface area (Å²) in [5, 5.41) is 4.38. The lowest BCUT2D eigenvalue weighted by atomic mass is 10.1. The van der Waals surface area contributed by atoms with Crippen LogP contribution >= 0.6 is 15.9 Å². The first-order valence-electron chi connectivity index (χ1n) is 5.56. The van der Waals surface area contributed by atoms with E-state index in [1.807, 2.05) is 38.1 Å². The molecule has 0 heterocycles. The average Bonchev–Trinajstić information content (AvgIpc) is 2.31. The van der Waals surface area contributed by atoms with Crippen LogP contribution in [0.4, 0.5) is 5.69 Å². The van der Waals surface area contributed by atoms with Crippen molar-refractivity contribution in [1.82, 2.24) is 0 Å². The third-order valence-electron chi connectivity index (χ3n) is 2.52. The molecule has 1 aromatic carbocycles. The van der Waals surface area contributed by atoms with Crippen LogP contribution in [-0.4, -0.2) is 5.71 Å². The number of rotatable bonds is 4. The number of allylic oxidation sites excluding steroid dienone is 2. The molecule has 92 valence electrons. The fraction of sp³-hybridized carbons (Fsp3) is 0.308. The minimum atomic E-state index is 0.809. The van der Waals surface area contributed by atoms with E-state index in [0.29, 0.717) is 0 Å². The molecule has 0 atom stereocenters. The second kappa shape index (κ2) is 6.45. The number of halogens is 1. The van der Waals surface area contributed by atoms with Crippen LogP contribution in [0.25, 0.3) is 0 Å². The van der Waals surface area contributed by atoms with Crippen molar-refractivity contribution in [1.29, 1.82) is 0 Å². The van der Waals surface area contributed by atoms with Gasteiger partial charge in [0.2, 0.25) is 0 Å². The van der Waals surface area contributed by atoms with Crippen molar-refractivity contribution in [2.75, 3.05) is 5.43 Å². The summed E-state index contributed by atoms with van der Waals surface area (Å²) in [5.74, 6) is 0. The van der Waals surface area contributed by atoms with Gasteiger partial charge in [-0.2, -0.15) is 5.10 Å². The van der Waals surface area contributed by atoms with Gasteiger partial charge in [-0.15, -0.1) is 0 Å². The first-order chi connectivity index (χ1) is 8.04. The molecule has 0 aliphatic heterocycles. The second-order valence-electron chi connectivity index (χ2n) is 3.84. The molecule has 3 N–H and O–H groups in total. The second-order valence-corrected chi connectivity index (χ2v) is 4.75. The first-order valence-corrected chi connectivity index (χ1v) is 6.35. The van der Waals surface area contributed by atoms with Crippen LogP contribution in [0, 0.1) is 0 Å². The highest BCUT2D eigenvalue weighted by Gasteiger charge is 2.01. The number of nitrogens with two attached hydrogens (primary N) is 1. The van der Waals surface area contributed by atoms with Gasteiger partial charge in [-0.1, -0.05) is 22.9 Å². The molecular formula is C13H18BrN3. The van der Waals surface area contributed by atoms with E-state index in [9.17, 15) is 0 Å². The highest BCUT2D eigenvalue weighted by Crippen LogP contribution is 2.14. The number of benzene rings is 1. The van der Waals surface area contributed by atoms with E-state index in [-0.39, 0.29) is 0 Å². The number of hydrazone groups is 1. The van der Waals surface area contributed by atoms with E-state index in [1.54, 1.807) is 0 Å². The van der Waals surface area contributed by atoms with Gasteiger partial charge in [-0.05, 0) is 50.1 Å². The summed E-state index contributed by atoms with van der Waals surface area (Å²) >= 11 is 3.39. The minimum Gasteiger partial charge on any atom is -0.402 e. The molecule has 0 saturated carbocycles. The molecule has 0 aliphatic carbocycles. The van der Waals surface area contributed by atoms with Crippen molar-refractivity contribution in [3.8, 4) is 0 Å². The van der Waals surface area contributed by atoms with Crippen molar-refractivity contribution in [3.63, 3.8) is 0 Å². The van der Waals surface area contributed by atoms with Crippen LogP contribution < -0.4 is 11.2 Å². The van der Waals surface area contributed by atoms with Crippen LogP contribution in [0.2, 0.25) is 0 Å². The monoisotopic (exact) mass is 295 g/mol. The minimum absolute atomic E-state index is 0.809. The summed E-state index contributed by atoms with van der Waals surface area (Å²) < 4.78 is 1.05. The average molecular weight is 296 g/mol.